The van der Waals surface area contributed by atoms with Gasteiger partial charge in [-0.3, -0.25) is 9.10 Å². The largest absolute Gasteiger partial charge is 0.497 e. The molecule has 1 aliphatic heterocycles. The lowest BCUT2D eigenvalue weighted by atomic mass is 10.2. The van der Waals surface area contributed by atoms with Crippen LogP contribution in [0, 0.1) is 0 Å². The molecule has 1 fully saturated rings. The lowest BCUT2D eigenvalue weighted by Gasteiger charge is -2.17. The molecule has 2 aromatic rings. The Morgan fingerprint density at radius 3 is 2.44 bits per heavy atom. The number of ether oxygens (including phenoxy) is 1. The molecule has 1 heterocycles. The summed E-state index contributed by atoms with van der Waals surface area (Å²) >= 11 is 1.61. The monoisotopic (exact) mass is 406 g/mol. The highest BCUT2D eigenvalue weighted by Gasteiger charge is 2.28. The molecule has 0 radical (unpaired) electrons. The number of rotatable bonds is 7. The van der Waals surface area contributed by atoms with E-state index in [1.807, 2.05) is 24.3 Å². The Morgan fingerprint density at radius 2 is 1.85 bits per heavy atom. The molecule has 0 saturated carbocycles. The van der Waals surface area contributed by atoms with Crippen molar-refractivity contribution in [2.75, 3.05) is 34.8 Å². The number of methoxy groups -OCH3 is 1. The van der Waals surface area contributed by atoms with Crippen LogP contribution in [-0.2, 0) is 14.8 Å². The van der Waals surface area contributed by atoms with Crippen molar-refractivity contribution < 1.29 is 17.9 Å². The molecule has 0 aliphatic carbocycles. The number of sulfonamides is 1. The zero-order valence-electron chi connectivity index (χ0n) is 15.1. The van der Waals surface area contributed by atoms with Gasteiger partial charge in [0.05, 0.1) is 18.6 Å². The highest BCUT2D eigenvalue weighted by Crippen LogP contribution is 2.26. The number of thioether (sulfide) groups is 1. The first kappa shape index (κ1) is 19.6. The molecule has 0 atom stereocenters. The molecule has 1 saturated heterocycles. The lowest BCUT2D eigenvalue weighted by molar-refractivity contribution is -0.115. The number of amides is 1. The molecule has 0 spiro atoms. The zero-order valence-corrected chi connectivity index (χ0v) is 16.7. The lowest BCUT2D eigenvalue weighted by Crippen LogP contribution is -2.25. The maximum atomic E-state index is 12.1. The van der Waals surface area contributed by atoms with Crippen molar-refractivity contribution >= 4 is 39.1 Å². The van der Waals surface area contributed by atoms with E-state index >= 15 is 0 Å². The molecule has 2 aromatic carbocycles. The summed E-state index contributed by atoms with van der Waals surface area (Å²) < 4.78 is 30.4. The molecule has 144 valence electrons. The molecule has 0 bridgehead atoms. The first-order chi connectivity index (χ1) is 13.0. The first-order valence-corrected chi connectivity index (χ1v) is 11.2. The van der Waals surface area contributed by atoms with Gasteiger partial charge in [0, 0.05) is 29.3 Å². The summed E-state index contributed by atoms with van der Waals surface area (Å²) in [4.78, 5) is 13.2. The molecule has 3 rings (SSSR count). The van der Waals surface area contributed by atoms with Gasteiger partial charge in [0.1, 0.15) is 5.75 Å². The molecular weight excluding hydrogens is 384 g/mol. The molecule has 1 aliphatic rings. The maximum Gasteiger partial charge on any atom is 0.235 e. The summed E-state index contributed by atoms with van der Waals surface area (Å²) in [6.45, 7) is 0.511. The van der Waals surface area contributed by atoms with Crippen LogP contribution < -0.4 is 14.4 Å². The van der Waals surface area contributed by atoms with Crippen molar-refractivity contribution in [2.24, 2.45) is 0 Å². The number of benzene rings is 2. The number of carbonyl (C=O) groups excluding carboxylic acids is 1. The summed E-state index contributed by atoms with van der Waals surface area (Å²) in [5, 5.41) is 2.84. The number of nitrogens with zero attached hydrogens (tertiary/aromatic N) is 1. The van der Waals surface area contributed by atoms with Gasteiger partial charge < -0.3 is 10.1 Å². The van der Waals surface area contributed by atoms with E-state index in [4.69, 9.17) is 4.74 Å². The molecular formula is C19H22N2O4S2. The SMILES string of the molecule is COc1ccc(SCCC(=O)Nc2ccc(N3CCCS3(=O)=O)cc2)cc1. The zero-order chi connectivity index (χ0) is 19.3. The van der Waals surface area contributed by atoms with Gasteiger partial charge in [-0.2, -0.15) is 0 Å². The van der Waals surface area contributed by atoms with Crippen molar-refractivity contribution in [1.29, 1.82) is 0 Å². The van der Waals surface area contributed by atoms with E-state index in [1.54, 1.807) is 43.1 Å². The van der Waals surface area contributed by atoms with Gasteiger partial charge in [0.2, 0.25) is 15.9 Å². The van der Waals surface area contributed by atoms with Crippen LogP contribution in [0.25, 0.3) is 0 Å². The van der Waals surface area contributed by atoms with Crippen molar-refractivity contribution in [2.45, 2.75) is 17.7 Å². The van der Waals surface area contributed by atoms with Crippen LogP contribution in [0.3, 0.4) is 0 Å². The molecule has 6 nitrogen and oxygen atoms in total. The summed E-state index contributed by atoms with van der Waals surface area (Å²) in [5.74, 6) is 1.60. The average Bonchev–Trinajstić information content (AvgIpc) is 3.02. The van der Waals surface area contributed by atoms with Crippen LogP contribution in [0.2, 0.25) is 0 Å². The summed E-state index contributed by atoms with van der Waals surface area (Å²) in [7, 11) is -1.56. The van der Waals surface area contributed by atoms with Crippen LogP contribution >= 0.6 is 11.8 Å². The Bertz CT molecular complexity index is 881. The summed E-state index contributed by atoms with van der Waals surface area (Å²) in [6, 6.07) is 14.6. The molecule has 8 heteroatoms. The van der Waals surface area contributed by atoms with Gasteiger partial charge in [0.15, 0.2) is 0 Å². The highest BCUT2D eigenvalue weighted by atomic mass is 32.2. The fourth-order valence-corrected chi connectivity index (χ4v) is 5.21. The topological polar surface area (TPSA) is 75.7 Å². The Labute approximate surface area is 164 Å². The molecule has 27 heavy (non-hydrogen) atoms. The second kappa shape index (κ2) is 8.67. The number of hydrogen-bond donors (Lipinski definition) is 1. The van der Waals surface area contributed by atoms with Crippen LogP contribution in [0.5, 0.6) is 5.75 Å². The standard InChI is InChI=1S/C19H22N2O4S2/c1-25-17-7-9-18(10-8-17)26-13-11-19(22)20-15-3-5-16(6-4-15)21-12-2-14-27(21,23)24/h3-10H,2,11-14H2,1H3,(H,20,22). The van der Waals surface area contributed by atoms with Gasteiger partial charge in [0.25, 0.3) is 0 Å². The van der Waals surface area contributed by atoms with Crippen molar-refractivity contribution in [3.8, 4) is 5.75 Å². The fourth-order valence-electron chi connectivity index (χ4n) is 2.80. The van der Waals surface area contributed by atoms with E-state index < -0.39 is 10.0 Å². The Kier molecular flexibility index (Phi) is 6.28. The Balaban J connectivity index is 1.47. The van der Waals surface area contributed by atoms with E-state index in [2.05, 4.69) is 5.32 Å². The van der Waals surface area contributed by atoms with Crippen molar-refractivity contribution in [3.63, 3.8) is 0 Å². The van der Waals surface area contributed by atoms with Crippen LogP contribution in [0.15, 0.2) is 53.4 Å². The smallest absolute Gasteiger partial charge is 0.235 e. The molecule has 0 unspecified atom stereocenters. The molecule has 0 aromatic heterocycles. The van der Waals surface area contributed by atoms with Gasteiger partial charge in [-0.1, -0.05) is 0 Å². The highest BCUT2D eigenvalue weighted by molar-refractivity contribution is 7.99. The quantitative estimate of drug-likeness (QED) is 0.714. The van der Waals surface area contributed by atoms with E-state index in [9.17, 15) is 13.2 Å². The third-order valence-corrected chi connectivity index (χ3v) is 7.08. The first-order valence-electron chi connectivity index (χ1n) is 8.65. The molecule has 1 amide bonds. The van der Waals surface area contributed by atoms with E-state index in [0.29, 0.717) is 36.5 Å². The third kappa shape index (κ3) is 5.17. The number of nitrogens with one attached hydrogen (secondary N) is 1. The van der Waals surface area contributed by atoms with Crippen molar-refractivity contribution in [3.05, 3.63) is 48.5 Å². The van der Waals surface area contributed by atoms with Crippen LogP contribution in [-0.4, -0.2) is 39.5 Å². The predicted molar refractivity (Wildman–Crippen MR) is 109 cm³/mol. The summed E-state index contributed by atoms with van der Waals surface area (Å²) in [5.41, 5.74) is 1.30. The van der Waals surface area contributed by atoms with E-state index in [1.165, 1.54) is 4.31 Å². The fraction of sp³-hybridized carbons (Fsp3) is 0.316. The molecule has 1 N–H and O–H groups in total. The number of carbonyl (C=O) groups is 1. The van der Waals surface area contributed by atoms with Crippen LogP contribution in [0.4, 0.5) is 11.4 Å². The average molecular weight is 407 g/mol. The van der Waals surface area contributed by atoms with Gasteiger partial charge in [-0.25, -0.2) is 8.42 Å². The van der Waals surface area contributed by atoms with E-state index in [-0.39, 0.29) is 11.7 Å². The Hall–Kier alpha value is -2.19. The third-order valence-electron chi connectivity index (χ3n) is 4.20. The summed E-state index contributed by atoms with van der Waals surface area (Å²) in [6.07, 6.45) is 1.03. The minimum absolute atomic E-state index is 0.0717. The van der Waals surface area contributed by atoms with E-state index in [0.717, 1.165) is 10.6 Å². The maximum absolute atomic E-state index is 12.1. The predicted octanol–water partition coefficient (Wildman–Crippen LogP) is 3.36. The van der Waals surface area contributed by atoms with Crippen molar-refractivity contribution in [1.82, 2.24) is 0 Å². The second-order valence-corrected chi connectivity index (χ2v) is 9.29. The minimum atomic E-state index is -3.18. The Morgan fingerprint density at radius 1 is 1.15 bits per heavy atom. The minimum Gasteiger partial charge on any atom is -0.497 e. The normalized spacial score (nSPS) is 15.5. The van der Waals surface area contributed by atoms with Crippen LogP contribution in [0.1, 0.15) is 12.8 Å². The van der Waals surface area contributed by atoms with Gasteiger partial charge >= 0.3 is 0 Å². The van der Waals surface area contributed by atoms with Gasteiger partial charge in [-0.15, -0.1) is 11.8 Å². The number of hydrogen-bond acceptors (Lipinski definition) is 5. The number of anilines is 2. The van der Waals surface area contributed by atoms with Gasteiger partial charge in [-0.05, 0) is 55.0 Å². The second-order valence-electron chi connectivity index (χ2n) is 6.11.